The molecule has 2 rings (SSSR count). The van der Waals surface area contributed by atoms with Crippen molar-refractivity contribution in [2.24, 2.45) is 5.73 Å². The summed E-state index contributed by atoms with van der Waals surface area (Å²) in [7, 11) is 0. The van der Waals surface area contributed by atoms with Gasteiger partial charge in [-0.3, -0.25) is 4.79 Å². The first-order valence-electron chi connectivity index (χ1n) is 5.19. The standard InChI is InChI=1S/C11H10F2N2O3/c12-9-6(11(17)18)1-2-7(10(9)13)15-4-5(14)3-8(15)16/h1-2,5H,3-4,14H2,(H,17,18). The predicted molar refractivity (Wildman–Crippen MR) is 58.3 cm³/mol. The molecule has 1 aliphatic heterocycles. The number of nitrogens with two attached hydrogens (primary N) is 1. The Hall–Kier alpha value is -2.02. The number of hydrogen-bond acceptors (Lipinski definition) is 3. The Morgan fingerprint density at radius 2 is 2.06 bits per heavy atom. The van der Waals surface area contributed by atoms with Crippen LogP contribution in [0.15, 0.2) is 12.1 Å². The van der Waals surface area contributed by atoms with E-state index in [9.17, 15) is 18.4 Å². The summed E-state index contributed by atoms with van der Waals surface area (Å²) in [6.45, 7) is 0.0849. The first kappa shape index (κ1) is 12.4. The van der Waals surface area contributed by atoms with Crippen LogP contribution in [0.2, 0.25) is 0 Å². The average molecular weight is 256 g/mol. The number of amides is 1. The third-order valence-electron chi connectivity index (χ3n) is 2.74. The number of carboxylic acids is 1. The third kappa shape index (κ3) is 1.92. The molecule has 0 aromatic heterocycles. The van der Waals surface area contributed by atoms with E-state index in [0.717, 1.165) is 17.0 Å². The van der Waals surface area contributed by atoms with Gasteiger partial charge < -0.3 is 15.7 Å². The molecule has 0 spiro atoms. The number of carbonyl (C=O) groups excluding carboxylic acids is 1. The highest BCUT2D eigenvalue weighted by molar-refractivity contribution is 5.97. The number of carbonyl (C=O) groups is 2. The van der Waals surface area contributed by atoms with E-state index in [-0.39, 0.29) is 18.7 Å². The van der Waals surface area contributed by atoms with Gasteiger partial charge in [-0.05, 0) is 12.1 Å². The monoisotopic (exact) mass is 256 g/mol. The first-order valence-corrected chi connectivity index (χ1v) is 5.19. The minimum atomic E-state index is -1.57. The minimum absolute atomic E-state index is 0.0573. The number of aromatic carboxylic acids is 1. The van der Waals surface area contributed by atoms with Crippen molar-refractivity contribution in [3.05, 3.63) is 29.3 Å². The van der Waals surface area contributed by atoms with Crippen LogP contribution in [0.25, 0.3) is 0 Å². The fourth-order valence-electron chi connectivity index (χ4n) is 1.88. The van der Waals surface area contributed by atoms with Crippen LogP contribution in [0.4, 0.5) is 14.5 Å². The normalized spacial score (nSPS) is 19.4. The van der Waals surface area contributed by atoms with Crippen LogP contribution in [0.1, 0.15) is 16.8 Å². The van der Waals surface area contributed by atoms with Gasteiger partial charge in [-0.25, -0.2) is 13.6 Å². The highest BCUT2D eigenvalue weighted by Gasteiger charge is 2.31. The fraction of sp³-hybridized carbons (Fsp3) is 0.273. The Morgan fingerprint density at radius 3 is 2.56 bits per heavy atom. The largest absolute Gasteiger partial charge is 0.478 e. The lowest BCUT2D eigenvalue weighted by Gasteiger charge is -2.17. The van der Waals surface area contributed by atoms with Crippen molar-refractivity contribution < 1.29 is 23.5 Å². The van der Waals surface area contributed by atoms with Gasteiger partial charge in [0.1, 0.15) is 0 Å². The Kier molecular flexibility index (Phi) is 3.00. The molecular formula is C11H10F2N2O3. The molecule has 1 aliphatic rings. The van der Waals surface area contributed by atoms with Gasteiger partial charge in [0.15, 0.2) is 11.6 Å². The Labute approximate surface area is 101 Å². The van der Waals surface area contributed by atoms with E-state index in [2.05, 4.69) is 0 Å². The number of nitrogens with zero attached hydrogens (tertiary/aromatic N) is 1. The fourth-order valence-corrected chi connectivity index (χ4v) is 1.88. The van der Waals surface area contributed by atoms with Crippen molar-refractivity contribution in [1.29, 1.82) is 0 Å². The minimum Gasteiger partial charge on any atom is -0.478 e. The smallest absolute Gasteiger partial charge is 0.338 e. The van der Waals surface area contributed by atoms with Gasteiger partial charge in [-0.2, -0.15) is 0 Å². The lowest BCUT2D eigenvalue weighted by molar-refractivity contribution is -0.117. The predicted octanol–water partition coefficient (Wildman–Crippen LogP) is 0.727. The third-order valence-corrected chi connectivity index (χ3v) is 2.74. The average Bonchev–Trinajstić information content (AvgIpc) is 2.61. The van der Waals surface area contributed by atoms with Crippen LogP contribution < -0.4 is 10.6 Å². The van der Waals surface area contributed by atoms with Gasteiger partial charge >= 0.3 is 5.97 Å². The zero-order valence-corrected chi connectivity index (χ0v) is 9.19. The number of rotatable bonds is 2. The molecule has 0 saturated carbocycles. The Bertz CT molecular complexity index is 533. The molecule has 1 saturated heterocycles. The maximum atomic E-state index is 13.7. The van der Waals surface area contributed by atoms with E-state index < -0.39 is 35.1 Å². The highest BCUT2D eigenvalue weighted by Crippen LogP contribution is 2.27. The van der Waals surface area contributed by atoms with Crippen LogP contribution in [-0.4, -0.2) is 29.6 Å². The summed E-state index contributed by atoms with van der Waals surface area (Å²) in [5.74, 6) is -4.81. The molecule has 18 heavy (non-hydrogen) atoms. The summed E-state index contributed by atoms with van der Waals surface area (Å²) in [6.07, 6.45) is 0.0573. The summed E-state index contributed by atoms with van der Waals surface area (Å²) >= 11 is 0. The zero-order chi connectivity index (χ0) is 13.4. The van der Waals surface area contributed by atoms with Crippen LogP contribution in [0, 0.1) is 11.6 Å². The molecule has 1 aromatic carbocycles. The molecule has 1 heterocycles. The number of halogens is 2. The van der Waals surface area contributed by atoms with Crippen molar-refractivity contribution in [2.75, 3.05) is 11.4 Å². The second kappa shape index (κ2) is 4.34. The Morgan fingerprint density at radius 1 is 1.39 bits per heavy atom. The number of hydrogen-bond donors (Lipinski definition) is 2. The topological polar surface area (TPSA) is 83.6 Å². The molecule has 0 radical (unpaired) electrons. The lowest BCUT2D eigenvalue weighted by Crippen LogP contribution is -2.29. The first-order chi connectivity index (χ1) is 8.41. The van der Waals surface area contributed by atoms with Gasteiger partial charge in [0.2, 0.25) is 5.91 Å². The van der Waals surface area contributed by atoms with Crippen LogP contribution in [0.5, 0.6) is 0 Å². The molecular weight excluding hydrogens is 246 g/mol. The molecule has 5 nitrogen and oxygen atoms in total. The summed E-state index contributed by atoms with van der Waals surface area (Å²) < 4.78 is 27.2. The van der Waals surface area contributed by atoms with Crippen LogP contribution in [-0.2, 0) is 4.79 Å². The van der Waals surface area contributed by atoms with Crippen molar-refractivity contribution >= 4 is 17.6 Å². The summed E-state index contributed by atoms with van der Waals surface area (Å²) in [5.41, 5.74) is 4.49. The van der Waals surface area contributed by atoms with Crippen LogP contribution in [0.3, 0.4) is 0 Å². The number of benzene rings is 1. The molecule has 1 aromatic rings. The van der Waals surface area contributed by atoms with Gasteiger partial charge in [-0.1, -0.05) is 0 Å². The van der Waals surface area contributed by atoms with Gasteiger partial charge in [-0.15, -0.1) is 0 Å². The van der Waals surface area contributed by atoms with E-state index in [1.54, 1.807) is 0 Å². The van der Waals surface area contributed by atoms with E-state index in [4.69, 9.17) is 10.8 Å². The molecule has 3 N–H and O–H groups in total. The maximum Gasteiger partial charge on any atom is 0.338 e. The molecule has 0 bridgehead atoms. The molecule has 1 amide bonds. The second-order valence-corrected chi connectivity index (χ2v) is 4.03. The van der Waals surface area contributed by atoms with Gasteiger partial charge in [0.25, 0.3) is 0 Å². The van der Waals surface area contributed by atoms with Gasteiger partial charge in [0, 0.05) is 19.0 Å². The molecule has 96 valence electrons. The van der Waals surface area contributed by atoms with E-state index in [1.807, 2.05) is 0 Å². The van der Waals surface area contributed by atoms with Crippen LogP contribution >= 0.6 is 0 Å². The van der Waals surface area contributed by atoms with E-state index >= 15 is 0 Å². The SMILES string of the molecule is NC1CC(=O)N(c2ccc(C(=O)O)c(F)c2F)C1. The van der Waals surface area contributed by atoms with Crippen molar-refractivity contribution in [2.45, 2.75) is 12.5 Å². The summed E-state index contributed by atoms with van der Waals surface area (Å²) in [4.78, 5) is 23.1. The van der Waals surface area contributed by atoms with E-state index in [1.165, 1.54) is 0 Å². The van der Waals surface area contributed by atoms with Crippen molar-refractivity contribution in [3.8, 4) is 0 Å². The number of anilines is 1. The second-order valence-electron chi connectivity index (χ2n) is 4.03. The quantitative estimate of drug-likeness (QED) is 0.817. The lowest BCUT2D eigenvalue weighted by atomic mass is 10.1. The molecule has 1 atom stereocenters. The zero-order valence-electron chi connectivity index (χ0n) is 9.19. The van der Waals surface area contributed by atoms with E-state index in [0.29, 0.717) is 0 Å². The molecule has 1 fully saturated rings. The Balaban J connectivity index is 2.45. The molecule has 0 aliphatic carbocycles. The van der Waals surface area contributed by atoms with Crippen molar-refractivity contribution in [1.82, 2.24) is 0 Å². The maximum absolute atomic E-state index is 13.7. The molecule has 7 heteroatoms. The summed E-state index contributed by atoms with van der Waals surface area (Å²) in [6, 6.07) is 1.56. The highest BCUT2D eigenvalue weighted by atomic mass is 19.2. The van der Waals surface area contributed by atoms with Crippen molar-refractivity contribution in [3.63, 3.8) is 0 Å². The number of carboxylic acid groups (broad SMARTS) is 1. The molecule has 1 unspecified atom stereocenters. The summed E-state index contributed by atoms with van der Waals surface area (Å²) in [5, 5.41) is 8.63. The van der Waals surface area contributed by atoms with Gasteiger partial charge in [0.05, 0.1) is 11.3 Å².